The summed E-state index contributed by atoms with van der Waals surface area (Å²) in [6, 6.07) is 20.3. The molecule has 0 saturated carbocycles. The van der Waals surface area contributed by atoms with E-state index in [0.717, 1.165) is 23.1 Å². The summed E-state index contributed by atoms with van der Waals surface area (Å²) in [5, 5.41) is 4.85. The van der Waals surface area contributed by atoms with Gasteiger partial charge < -0.3 is 9.15 Å². The second-order valence-electron chi connectivity index (χ2n) is 6.67. The lowest BCUT2D eigenvalue weighted by Crippen LogP contribution is -2.18. The molecular formula is C24H21N3O3. The number of carbonyl (C=O) groups is 1. The fourth-order valence-corrected chi connectivity index (χ4v) is 3.01. The highest BCUT2D eigenvalue weighted by atomic mass is 16.5. The summed E-state index contributed by atoms with van der Waals surface area (Å²) in [6.45, 7) is 2.75. The molecule has 1 N–H and O–H groups in total. The standard InChI is InChI=1S/C24H21N3O3/c1-2-13-29-18-11-9-17(10-12-18)16-25-27-24(28)20-15-22(23-8-5-14-30-23)26-21-7-4-3-6-19(20)21/h3-12,14-16H,2,13H2,1H3,(H,27,28)/b25-16+. The van der Waals surface area contributed by atoms with Gasteiger partial charge in [0.1, 0.15) is 11.4 Å². The quantitative estimate of drug-likeness (QED) is 0.349. The maximum Gasteiger partial charge on any atom is 0.272 e. The van der Waals surface area contributed by atoms with E-state index >= 15 is 0 Å². The number of ether oxygens (including phenoxy) is 1. The summed E-state index contributed by atoms with van der Waals surface area (Å²) in [5.74, 6) is 1.09. The molecule has 4 rings (SSSR count). The van der Waals surface area contributed by atoms with E-state index in [9.17, 15) is 4.79 Å². The highest BCUT2D eigenvalue weighted by Crippen LogP contribution is 2.25. The van der Waals surface area contributed by atoms with Crippen LogP contribution >= 0.6 is 0 Å². The molecule has 0 bridgehead atoms. The smallest absolute Gasteiger partial charge is 0.272 e. The number of fused-ring (bicyclic) bond motifs is 1. The first-order valence-electron chi connectivity index (χ1n) is 9.74. The Balaban J connectivity index is 1.53. The lowest BCUT2D eigenvalue weighted by Gasteiger charge is -2.07. The summed E-state index contributed by atoms with van der Waals surface area (Å²) in [7, 11) is 0. The summed E-state index contributed by atoms with van der Waals surface area (Å²) in [4.78, 5) is 17.4. The van der Waals surface area contributed by atoms with Crippen LogP contribution in [0.1, 0.15) is 29.3 Å². The Morgan fingerprint density at radius 3 is 2.73 bits per heavy atom. The van der Waals surface area contributed by atoms with Gasteiger partial charge in [0.15, 0.2) is 5.76 Å². The van der Waals surface area contributed by atoms with Crippen LogP contribution in [-0.2, 0) is 0 Å². The van der Waals surface area contributed by atoms with E-state index in [2.05, 4.69) is 22.4 Å². The van der Waals surface area contributed by atoms with Gasteiger partial charge in [0.2, 0.25) is 0 Å². The van der Waals surface area contributed by atoms with Crippen LogP contribution in [0.5, 0.6) is 5.75 Å². The van der Waals surface area contributed by atoms with E-state index in [1.165, 1.54) is 0 Å². The number of furan rings is 1. The zero-order valence-electron chi connectivity index (χ0n) is 16.5. The number of rotatable bonds is 7. The van der Waals surface area contributed by atoms with Crippen LogP contribution in [-0.4, -0.2) is 23.7 Å². The SMILES string of the molecule is CCCOc1ccc(/C=N/NC(=O)c2cc(-c3ccco3)nc3ccccc23)cc1. The Bertz CT molecular complexity index is 1170. The zero-order chi connectivity index (χ0) is 20.8. The molecule has 2 heterocycles. The second kappa shape index (κ2) is 9.05. The molecule has 2 aromatic carbocycles. The fourth-order valence-electron chi connectivity index (χ4n) is 3.01. The molecule has 0 radical (unpaired) electrons. The number of nitrogens with one attached hydrogen (secondary N) is 1. The van der Waals surface area contributed by atoms with Crippen LogP contribution in [0.2, 0.25) is 0 Å². The predicted octanol–water partition coefficient (Wildman–Crippen LogP) is 5.05. The molecule has 0 aliphatic carbocycles. The highest BCUT2D eigenvalue weighted by molar-refractivity contribution is 6.07. The second-order valence-corrected chi connectivity index (χ2v) is 6.67. The van der Waals surface area contributed by atoms with Crippen molar-refractivity contribution in [3.8, 4) is 17.2 Å². The molecule has 30 heavy (non-hydrogen) atoms. The van der Waals surface area contributed by atoms with Gasteiger partial charge in [-0.2, -0.15) is 5.10 Å². The number of pyridine rings is 1. The van der Waals surface area contributed by atoms with E-state index in [1.54, 1.807) is 24.6 Å². The molecule has 0 fully saturated rings. The third kappa shape index (κ3) is 4.38. The number of aromatic nitrogens is 1. The van der Waals surface area contributed by atoms with Crippen molar-refractivity contribution >= 4 is 23.0 Å². The minimum absolute atomic E-state index is 0.319. The van der Waals surface area contributed by atoms with Crippen LogP contribution in [0.3, 0.4) is 0 Å². The number of para-hydroxylation sites is 1. The lowest BCUT2D eigenvalue weighted by atomic mass is 10.1. The molecule has 0 aliphatic rings. The van der Waals surface area contributed by atoms with E-state index in [1.807, 2.05) is 54.6 Å². The third-order valence-corrected chi connectivity index (χ3v) is 4.47. The largest absolute Gasteiger partial charge is 0.494 e. The van der Waals surface area contributed by atoms with Gasteiger partial charge in [-0.1, -0.05) is 25.1 Å². The molecule has 6 nitrogen and oxygen atoms in total. The topological polar surface area (TPSA) is 76.7 Å². The van der Waals surface area contributed by atoms with Gasteiger partial charge in [-0.3, -0.25) is 4.79 Å². The first-order valence-corrected chi connectivity index (χ1v) is 9.74. The number of amides is 1. The Morgan fingerprint density at radius 1 is 1.13 bits per heavy atom. The molecule has 6 heteroatoms. The predicted molar refractivity (Wildman–Crippen MR) is 117 cm³/mol. The van der Waals surface area contributed by atoms with Crippen molar-refractivity contribution in [3.05, 3.63) is 84.1 Å². The van der Waals surface area contributed by atoms with Crippen LogP contribution in [0.4, 0.5) is 0 Å². The van der Waals surface area contributed by atoms with Gasteiger partial charge in [-0.15, -0.1) is 0 Å². The van der Waals surface area contributed by atoms with Gasteiger partial charge >= 0.3 is 0 Å². The summed E-state index contributed by atoms with van der Waals surface area (Å²) >= 11 is 0. The molecule has 1 amide bonds. The Hall–Kier alpha value is -3.93. The molecule has 0 spiro atoms. The molecule has 150 valence electrons. The maximum atomic E-state index is 12.8. The van der Waals surface area contributed by atoms with Crippen molar-refractivity contribution < 1.29 is 13.9 Å². The first-order chi connectivity index (χ1) is 14.7. The maximum absolute atomic E-state index is 12.8. The molecule has 0 aliphatic heterocycles. The minimum atomic E-state index is -0.319. The molecule has 0 saturated heterocycles. The molecule has 0 atom stereocenters. The van der Waals surface area contributed by atoms with Crippen molar-refractivity contribution in [2.24, 2.45) is 5.10 Å². The number of carbonyl (C=O) groups excluding carboxylic acids is 1. The molecule has 0 unspecified atom stereocenters. The number of hydrogen-bond donors (Lipinski definition) is 1. The van der Waals surface area contributed by atoms with E-state index in [4.69, 9.17) is 9.15 Å². The summed E-state index contributed by atoms with van der Waals surface area (Å²) in [6.07, 6.45) is 4.13. The normalized spacial score (nSPS) is 11.1. The van der Waals surface area contributed by atoms with Crippen molar-refractivity contribution in [1.82, 2.24) is 10.4 Å². The summed E-state index contributed by atoms with van der Waals surface area (Å²) in [5.41, 5.74) is 5.24. The van der Waals surface area contributed by atoms with Gasteiger partial charge in [-0.05, 0) is 60.5 Å². The van der Waals surface area contributed by atoms with Crippen LogP contribution in [0.15, 0.2) is 82.5 Å². The van der Waals surface area contributed by atoms with Crippen molar-refractivity contribution in [2.75, 3.05) is 6.61 Å². The van der Waals surface area contributed by atoms with Crippen molar-refractivity contribution in [2.45, 2.75) is 13.3 Å². The molecular weight excluding hydrogens is 378 g/mol. The van der Waals surface area contributed by atoms with Crippen LogP contribution < -0.4 is 10.2 Å². The highest BCUT2D eigenvalue weighted by Gasteiger charge is 2.14. The third-order valence-electron chi connectivity index (χ3n) is 4.47. The minimum Gasteiger partial charge on any atom is -0.494 e. The number of benzene rings is 2. The number of hydrogen-bond acceptors (Lipinski definition) is 5. The van der Waals surface area contributed by atoms with Gasteiger partial charge in [-0.25, -0.2) is 10.4 Å². The van der Waals surface area contributed by atoms with E-state index < -0.39 is 0 Å². The number of nitrogens with zero attached hydrogens (tertiary/aromatic N) is 2. The van der Waals surface area contributed by atoms with E-state index in [-0.39, 0.29) is 5.91 Å². The number of hydrazone groups is 1. The fraction of sp³-hybridized carbons (Fsp3) is 0.125. The van der Waals surface area contributed by atoms with Crippen molar-refractivity contribution in [3.63, 3.8) is 0 Å². The van der Waals surface area contributed by atoms with Crippen LogP contribution in [0, 0.1) is 0 Å². The van der Waals surface area contributed by atoms with Crippen molar-refractivity contribution in [1.29, 1.82) is 0 Å². The average Bonchev–Trinajstić information content (AvgIpc) is 3.33. The molecule has 2 aromatic heterocycles. The molecule has 4 aromatic rings. The summed E-state index contributed by atoms with van der Waals surface area (Å²) < 4.78 is 11.0. The van der Waals surface area contributed by atoms with E-state index in [0.29, 0.717) is 29.1 Å². The Labute approximate surface area is 174 Å². The van der Waals surface area contributed by atoms with Gasteiger partial charge in [0.05, 0.1) is 30.2 Å². The lowest BCUT2D eigenvalue weighted by molar-refractivity contribution is 0.0956. The Morgan fingerprint density at radius 2 is 1.97 bits per heavy atom. The average molecular weight is 399 g/mol. The van der Waals surface area contributed by atoms with Crippen LogP contribution in [0.25, 0.3) is 22.4 Å². The monoisotopic (exact) mass is 399 g/mol. The first kappa shape index (κ1) is 19.4. The van der Waals surface area contributed by atoms with Gasteiger partial charge in [0.25, 0.3) is 5.91 Å². The Kier molecular flexibility index (Phi) is 5.85. The zero-order valence-corrected chi connectivity index (χ0v) is 16.5. The van der Waals surface area contributed by atoms with Gasteiger partial charge in [0, 0.05) is 5.39 Å².